The fraction of sp³-hybridized carbons (Fsp3) is 0.636. The predicted molar refractivity (Wildman–Crippen MR) is 161 cm³/mol. The molecule has 0 radical (unpaired) electrons. The Labute approximate surface area is 219 Å². The second kappa shape index (κ2) is 11.0. The minimum atomic E-state index is -0.558. The molecule has 2 rings (SSSR count). The summed E-state index contributed by atoms with van der Waals surface area (Å²) in [5, 5.41) is 1.73. The first-order valence-electron chi connectivity index (χ1n) is 13.7. The number of rotatable bonds is 7. The molecule has 0 aromatic heterocycles. The summed E-state index contributed by atoms with van der Waals surface area (Å²) in [6.07, 6.45) is 0.138. The smallest absolute Gasteiger partial charge is 0.128 e. The van der Waals surface area contributed by atoms with Gasteiger partial charge in [-0.3, -0.25) is 0 Å². The molecule has 0 N–H and O–H groups in total. The second-order valence-electron chi connectivity index (χ2n) is 13.5. The predicted octanol–water partition coefficient (Wildman–Crippen LogP) is 10.5. The topological polar surface area (TPSA) is 9.23 Å². The van der Waals surface area contributed by atoms with E-state index in [9.17, 15) is 0 Å². The highest BCUT2D eigenvalue weighted by Gasteiger charge is 2.40. The summed E-state index contributed by atoms with van der Waals surface area (Å²) in [5.41, 5.74) is 8.65. The average molecular weight is 497 g/mol. The Morgan fingerprint density at radius 2 is 1.11 bits per heavy atom. The third kappa shape index (κ3) is 6.71. The highest BCUT2D eigenvalue weighted by Crippen LogP contribution is 2.61. The molecule has 0 amide bonds. The monoisotopic (exact) mass is 496 g/mol. The van der Waals surface area contributed by atoms with Crippen molar-refractivity contribution in [2.45, 2.75) is 138 Å². The van der Waals surface area contributed by atoms with Crippen LogP contribution in [-0.4, -0.2) is 16.4 Å². The van der Waals surface area contributed by atoms with Gasteiger partial charge in [0.25, 0.3) is 0 Å². The van der Waals surface area contributed by atoms with Crippen LogP contribution in [0, 0.1) is 6.92 Å². The molecule has 0 heterocycles. The molecule has 0 bridgehead atoms. The first-order chi connectivity index (χ1) is 15.9. The molecule has 0 aliphatic carbocycles. The molecule has 2 aromatic carbocycles. The van der Waals surface area contributed by atoms with E-state index in [-0.39, 0.29) is 16.4 Å². The molecule has 0 saturated heterocycles. The van der Waals surface area contributed by atoms with Gasteiger partial charge in [0, 0.05) is 5.30 Å². The van der Waals surface area contributed by atoms with Crippen LogP contribution in [0.5, 0.6) is 5.75 Å². The van der Waals surface area contributed by atoms with Crippen LogP contribution in [0.25, 0.3) is 11.1 Å². The largest absolute Gasteiger partial charge is 0.490 e. The molecule has 0 aliphatic rings. The van der Waals surface area contributed by atoms with E-state index in [0.29, 0.717) is 17.8 Å². The van der Waals surface area contributed by atoms with E-state index in [1.54, 1.807) is 0 Å². The molecule has 1 nitrogen and oxygen atoms in total. The van der Waals surface area contributed by atoms with Gasteiger partial charge in [0.05, 0.1) is 6.10 Å². The van der Waals surface area contributed by atoms with Gasteiger partial charge in [-0.05, 0) is 88.3 Å². The standard InChI is InChI=1S/C33H53OP/c1-20(2)25-18-26(21(3)4)30(27(19-25)22(5)6)29-24(9)16-17-28(34-23(7)8)31(29)35(32(10,11)12)33(13,14)15/h16-23H,1-15H3. The van der Waals surface area contributed by atoms with E-state index in [4.69, 9.17) is 4.74 Å². The van der Waals surface area contributed by atoms with Crippen molar-refractivity contribution in [3.05, 3.63) is 46.5 Å². The molecule has 0 fully saturated rings. The fourth-order valence-electron chi connectivity index (χ4n) is 5.48. The molecular weight excluding hydrogens is 443 g/mol. The lowest BCUT2D eigenvalue weighted by Gasteiger charge is -2.44. The number of benzene rings is 2. The maximum absolute atomic E-state index is 6.61. The molecule has 196 valence electrons. The summed E-state index contributed by atoms with van der Waals surface area (Å²) >= 11 is 0. The van der Waals surface area contributed by atoms with Crippen molar-refractivity contribution in [2.24, 2.45) is 0 Å². The summed E-state index contributed by atoms with van der Waals surface area (Å²) < 4.78 is 6.61. The third-order valence-corrected chi connectivity index (χ3v) is 10.2. The summed E-state index contributed by atoms with van der Waals surface area (Å²) in [6.45, 7) is 35.2. The van der Waals surface area contributed by atoms with Crippen LogP contribution in [0.3, 0.4) is 0 Å². The summed E-state index contributed by atoms with van der Waals surface area (Å²) in [7, 11) is -0.558. The Hall–Kier alpha value is -1.33. The van der Waals surface area contributed by atoms with Crippen molar-refractivity contribution in [3.63, 3.8) is 0 Å². The Balaban J connectivity index is 3.21. The first kappa shape index (κ1) is 29.9. The van der Waals surface area contributed by atoms with Crippen molar-refractivity contribution < 1.29 is 4.74 Å². The summed E-state index contributed by atoms with van der Waals surface area (Å²) in [4.78, 5) is 0. The van der Waals surface area contributed by atoms with Gasteiger partial charge in [0.1, 0.15) is 5.75 Å². The van der Waals surface area contributed by atoms with Crippen LogP contribution in [-0.2, 0) is 0 Å². The van der Waals surface area contributed by atoms with Gasteiger partial charge in [-0.2, -0.15) is 0 Å². The van der Waals surface area contributed by atoms with Crippen LogP contribution < -0.4 is 10.0 Å². The zero-order valence-electron chi connectivity index (χ0n) is 25.5. The molecule has 0 aliphatic heterocycles. The molecule has 2 heteroatoms. The maximum Gasteiger partial charge on any atom is 0.128 e. The Bertz CT molecular complexity index is 970. The van der Waals surface area contributed by atoms with Gasteiger partial charge < -0.3 is 4.74 Å². The fourth-order valence-corrected chi connectivity index (χ4v) is 9.69. The molecule has 2 aromatic rings. The van der Waals surface area contributed by atoms with E-state index in [1.165, 1.54) is 38.7 Å². The van der Waals surface area contributed by atoms with Gasteiger partial charge in [0.2, 0.25) is 0 Å². The van der Waals surface area contributed by atoms with Crippen molar-refractivity contribution in [1.82, 2.24) is 0 Å². The third-order valence-electron chi connectivity index (χ3n) is 6.66. The average Bonchev–Trinajstić information content (AvgIpc) is 2.66. The zero-order chi connectivity index (χ0) is 27.0. The summed E-state index contributed by atoms with van der Waals surface area (Å²) in [5.74, 6) is 2.47. The lowest BCUT2D eigenvalue weighted by molar-refractivity contribution is 0.244. The van der Waals surface area contributed by atoms with Crippen molar-refractivity contribution in [2.75, 3.05) is 0 Å². The van der Waals surface area contributed by atoms with Crippen LogP contribution in [0.1, 0.15) is 137 Å². The number of ether oxygens (including phenoxy) is 1. The minimum absolute atomic E-state index is 0.138. The highest BCUT2D eigenvalue weighted by molar-refractivity contribution is 7.69. The second-order valence-corrected chi connectivity index (χ2v) is 17.3. The molecule has 0 saturated carbocycles. The van der Waals surface area contributed by atoms with E-state index >= 15 is 0 Å². The highest BCUT2D eigenvalue weighted by atomic mass is 31.1. The summed E-state index contributed by atoms with van der Waals surface area (Å²) in [6, 6.07) is 9.52. The van der Waals surface area contributed by atoms with Crippen molar-refractivity contribution in [1.29, 1.82) is 0 Å². The van der Waals surface area contributed by atoms with Gasteiger partial charge >= 0.3 is 0 Å². The zero-order valence-corrected chi connectivity index (χ0v) is 26.4. The molecule has 35 heavy (non-hydrogen) atoms. The van der Waals surface area contributed by atoms with Crippen molar-refractivity contribution in [3.8, 4) is 16.9 Å². The minimum Gasteiger partial charge on any atom is -0.490 e. The number of hydrogen-bond acceptors (Lipinski definition) is 1. The Morgan fingerprint density at radius 3 is 1.46 bits per heavy atom. The van der Waals surface area contributed by atoms with Crippen molar-refractivity contribution >= 4 is 13.2 Å². The molecule has 0 unspecified atom stereocenters. The van der Waals surface area contributed by atoms with E-state index in [1.807, 2.05) is 0 Å². The van der Waals surface area contributed by atoms with Crippen LogP contribution in [0.4, 0.5) is 0 Å². The van der Waals surface area contributed by atoms with E-state index in [2.05, 4.69) is 128 Å². The normalized spacial score (nSPS) is 13.1. The SMILES string of the molecule is Cc1ccc(OC(C)C)c(P(C(C)(C)C)C(C)(C)C)c1-c1c(C(C)C)cc(C(C)C)cc1C(C)C. The van der Waals surface area contributed by atoms with Gasteiger partial charge in [-0.25, -0.2) is 0 Å². The van der Waals surface area contributed by atoms with Crippen LogP contribution in [0.2, 0.25) is 0 Å². The molecule has 0 atom stereocenters. The molecule has 0 spiro atoms. The van der Waals surface area contributed by atoms with E-state index in [0.717, 1.165) is 5.75 Å². The lowest BCUT2D eigenvalue weighted by atomic mass is 9.80. The maximum atomic E-state index is 6.61. The number of hydrogen-bond donors (Lipinski definition) is 0. The van der Waals surface area contributed by atoms with Crippen LogP contribution in [0.15, 0.2) is 24.3 Å². The first-order valence-corrected chi connectivity index (χ1v) is 15.0. The Kier molecular flexibility index (Phi) is 9.37. The Morgan fingerprint density at radius 1 is 0.657 bits per heavy atom. The van der Waals surface area contributed by atoms with Gasteiger partial charge in [-0.15, -0.1) is 0 Å². The van der Waals surface area contributed by atoms with Gasteiger partial charge in [-0.1, -0.05) is 109 Å². The quantitative estimate of drug-likeness (QED) is 0.346. The lowest BCUT2D eigenvalue weighted by Crippen LogP contribution is -2.33. The molecular formula is C33H53OP. The van der Waals surface area contributed by atoms with E-state index < -0.39 is 7.92 Å². The van der Waals surface area contributed by atoms with Crippen LogP contribution >= 0.6 is 7.92 Å². The van der Waals surface area contributed by atoms with Gasteiger partial charge in [0.15, 0.2) is 0 Å². The number of aryl methyl sites for hydroxylation is 1.